The van der Waals surface area contributed by atoms with Crippen molar-refractivity contribution in [2.75, 3.05) is 49.1 Å². The van der Waals surface area contributed by atoms with Gasteiger partial charge in [0.15, 0.2) is 0 Å². The van der Waals surface area contributed by atoms with Gasteiger partial charge in [-0.25, -0.2) is 4.39 Å². The Morgan fingerprint density at radius 1 is 0.857 bits per heavy atom. The van der Waals surface area contributed by atoms with E-state index in [0.29, 0.717) is 47.2 Å². The van der Waals surface area contributed by atoms with Gasteiger partial charge < -0.3 is 15.1 Å². The molecule has 2 aliphatic heterocycles. The van der Waals surface area contributed by atoms with Crippen molar-refractivity contribution in [3.63, 3.8) is 0 Å². The Labute approximate surface area is 254 Å². The molecule has 1 N–H and O–H groups in total. The molecular formula is C33H30ClFN4O2S. The van der Waals surface area contributed by atoms with Crippen LogP contribution in [0.3, 0.4) is 0 Å². The molecule has 6 nitrogen and oxygen atoms in total. The molecule has 6 rings (SSSR count). The van der Waals surface area contributed by atoms with E-state index < -0.39 is 0 Å². The molecule has 2 heterocycles. The normalized spacial score (nSPS) is 15.1. The Morgan fingerprint density at radius 2 is 1.64 bits per heavy atom. The van der Waals surface area contributed by atoms with Crippen LogP contribution in [-0.4, -0.2) is 56.0 Å². The topological polar surface area (TPSA) is 55.9 Å². The number of rotatable bonds is 7. The molecular weight excluding hydrogens is 571 g/mol. The first-order chi connectivity index (χ1) is 20.5. The van der Waals surface area contributed by atoms with E-state index in [1.165, 1.54) is 17.8 Å². The smallest absolute Gasteiger partial charge is 0.259 e. The number of nitrogens with zero attached hydrogens (tertiary/aromatic N) is 3. The fourth-order valence-corrected chi connectivity index (χ4v) is 6.66. The molecule has 4 aromatic rings. The number of anilines is 2. The highest BCUT2D eigenvalue weighted by Crippen LogP contribution is 2.42. The summed E-state index contributed by atoms with van der Waals surface area (Å²) in [6, 6.07) is 27.4. The Balaban J connectivity index is 1.14. The van der Waals surface area contributed by atoms with E-state index in [-0.39, 0.29) is 17.6 Å². The third-order valence-corrected chi connectivity index (χ3v) is 8.98. The molecule has 4 aromatic carbocycles. The van der Waals surface area contributed by atoms with Gasteiger partial charge in [-0.1, -0.05) is 59.8 Å². The van der Waals surface area contributed by atoms with Gasteiger partial charge in [-0.05, 0) is 60.2 Å². The number of piperazine rings is 1. The highest BCUT2D eigenvalue weighted by atomic mass is 35.5. The summed E-state index contributed by atoms with van der Waals surface area (Å²) < 4.78 is 14.2. The van der Waals surface area contributed by atoms with Crippen LogP contribution < -0.4 is 15.1 Å². The molecule has 2 amide bonds. The number of amides is 2. The third-order valence-electron chi connectivity index (χ3n) is 7.60. The van der Waals surface area contributed by atoms with Crippen LogP contribution in [0.1, 0.15) is 26.3 Å². The van der Waals surface area contributed by atoms with E-state index in [0.717, 1.165) is 41.5 Å². The van der Waals surface area contributed by atoms with Gasteiger partial charge in [-0.15, -0.1) is 0 Å². The fraction of sp³-hybridized carbons (Fsp3) is 0.212. The van der Waals surface area contributed by atoms with Gasteiger partial charge in [0.2, 0.25) is 0 Å². The quantitative estimate of drug-likeness (QED) is 0.268. The first-order valence-electron chi connectivity index (χ1n) is 13.9. The Morgan fingerprint density at radius 3 is 2.45 bits per heavy atom. The summed E-state index contributed by atoms with van der Waals surface area (Å²) in [6.07, 6.45) is 0. The lowest BCUT2D eigenvalue weighted by molar-refractivity contribution is 0.0944. The van der Waals surface area contributed by atoms with Crippen molar-refractivity contribution in [1.82, 2.24) is 10.2 Å². The van der Waals surface area contributed by atoms with Gasteiger partial charge in [-0.2, -0.15) is 0 Å². The van der Waals surface area contributed by atoms with Crippen LogP contribution in [0.2, 0.25) is 5.02 Å². The van der Waals surface area contributed by atoms with E-state index in [9.17, 15) is 14.0 Å². The average Bonchev–Trinajstić information content (AvgIpc) is 3.11. The van der Waals surface area contributed by atoms with Crippen molar-refractivity contribution < 1.29 is 14.0 Å². The summed E-state index contributed by atoms with van der Waals surface area (Å²) in [7, 11) is 0. The molecule has 0 unspecified atom stereocenters. The molecule has 0 atom stereocenters. The number of nitrogens with one attached hydrogen (secondary N) is 1. The highest BCUT2D eigenvalue weighted by molar-refractivity contribution is 7.99. The largest absolute Gasteiger partial charge is 0.367 e. The van der Waals surface area contributed by atoms with Crippen LogP contribution in [0.15, 0.2) is 101 Å². The number of fused-ring (bicyclic) bond motifs is 2. The predicted molar refractivity (Wildman–Crippen MR) is 166 cm³/mol. The lowest BCUT2D eigenvalue weighted by Gasteiger charge is -2.36. The van der Waals surface area contributed by atoms with Crippen molar-refractivity contribution in [2.24, 2.45) is 0 Å². The molecule has 2 aliphatic rings. The van der Waals surface area contributed by atoms with Crippen molar-refractivity contribution in [3.8, 4) is 0 Å². The molecule has 1 saturated heterocycles. The number of hydrogen-bond acceptors (Lipinski definition) is 5. The van der Waals surface area contributed by atoms with Crippen molar-refractivity contribution >= 4 is 46.6 Å². The number of halogens is 2. The molecule has 0 radical (unpaired) electrons. The van der Waals surface area contributed by atoms with Crippen LogP contribution >= 0.6 is 23.4 Å². The number of para-hydroxylation sites is 1. The third kappa shape index (κ3) is 6.16. The minimum atomic E-state index is -0.200. The molecule has 0 saturated carbocycles. The standard InChI is InChI=1S/C33H30ClFN4O2S/c34-25-7-5-6-23(20-25)22-39-29-21-24(12-13-31(29)42-30-11-4-1-8-26(30)33(39)41)32(40)36-14-15-37-16-18-38(19-17-37)28-10-3-2-9-27(28)35/h1-13,20-21H,14-19,22H2,(H,36,40). The summed E-state index contributed by atoms with van der Waals surface area (Å²) in [5, 5.41) is 3.64. The van der Waals surface area contributed by atoms with Crippen LogP contribution in [0.4, 0.5) is 15.8 Å². The Hall–Kier alpha value is -3.85. The second-order valence-corrected chi connectivity index (χ2v) is 11.9. The summed E-state index contributed by atoms with van der Waals surface area (Å²) in [5.74, 6) is -0.511. The predicted octanol–water partition coefficient (Wildman–Crippen LogP) is 6.34. The second-order valence-electron chi connectivity index (χ2n) is 10.3. The van der Waals surface area contributed by atoms with Gasteiger partial charge >= 0.3 is 0 Å². The average molecular weight is 601 g/mol. The fourth-order valence-electron chi connectivity index (χ4n) is 5.39. The molecule has 0 spiro atoms. The van der Waals surface area contributed by atoms with Gasteiger partial charge in [0.25, 0.3) is 11.8 Å². The number of carbonyl (C=O) groups excluding carboxylic acids is 2. The minimum absolute atomic E-state index is 0.121. The van der Waals surface area contributed by atoms with Gasteiger partial charge in [0.05, 0.1) is 23.5 Å². The highest BCUT2D eigenvalue weighted by Gasteiger charge is 2.28. The summed E-state index contributed by atoms with van der Waals surface area (Å²) in [4.78, 5) is 34.9. The minimum Gasteiger partial charge on any atom is -0.367 e. The maximum absolute atomic E-state index is 14.2. The van der Waals surface area contributed by atoms with Crippen LogP contribution in [0.5, 0.6) is 0 Å². The maximum atomic E-state index is 14.2. The van der Waals surface area contributed by atoms with E-state index in [1.54, 1.807) is 23.1 Å². The van der Waals surface area contributed by atoms with Crippen molar-refractivity contribution in [2.45, 2.75) is 16.3 Å². The zero-order chi connectivity index (χ0) is 29.1. The van der Waals surface area contributed by atoms with E-state index in [2.05, 4.69) is 15.1 Å². The molecule has 0 aromatic heterocycles. The van der Waals surface area contributed by atoms with E-state index in [1.807, 2.05) is 66.7 Å². The molecule has 42 heavy (non-hydrogen) atoms. The van der Waals surface area contributed by atoms with Crippen LogP contribution in [-0.2, 0) is 6.54 Å². The first kappa shape index (κ1) is 28.3. The number of hydrogen-bond donors (Lipinski definition) is 1. The molecule has 1 fully saturated rings. The summed E-state index contributed by atoms with van der Waals surface area (Å²) in [5.41, 5.74) is 3.35. The second kappa shape index (κ2) is 12.6. The lowest BCUT2D eigenvalue weighted by atomic mass is 10.1. The molecule has 0 bridgehead atoms. The monoisotopic (exact) mass is 600 g/mol. The molecule has 214 valence electrons. The lowest BCUT2D eigenvalue weighted by Crippen LogP contribution is -2.48. The first-order valence-corrected chi connectivity index (χ1v) is 15.1. The zero-order valence-electron chi connectivity index (χ0n) is 22.9. The van der Waals surface area contributed by atoms with E-state index >= 15 is 0 Å². The maximum Gasteiger partial charge on any atom is 0.259 e. The van der Waals surface area contributed by atoms with Gasteiger partial charge in [0, 0.05) is 59.6 Å². The van der Waals surface area contributed by atoms with Crippen molar-refractivity contribution in [3.05, 3.63) is 119 Å². The Bertz CT molecular complexity index is 1630. The SMILES string of the molecule is O=C(NCCN1CCN(c2ccccc2F)CC1)c1ccc2c(c1)N(Cc1cccc(Cl)c1)C(=O)c1ccccc1S2. The summed E-state index contributed by atoms with van der Waals surface area (Å²) >= 11 is 7.77. The zero-order valence-corrected chi connectivity index (χ0v) is 24.5. The number of benzene rings is 4. The van der Waals surface area contributed by atoms with E-state index in [4.69, 9.17) is 11.6 Å². The molecule has 0 aliphatic carbocycles. The van der Waals surface area contributed by atoms with Gasteiger partial charge in [-0.3, -0.25) is 14.5 Å². The van der Waals surface area contributed by atoms with Crippen molar-refractivity contribution in [1.29, 1.82) is 0 Å². The number of carbonyl (C=O) groups is 2. The van der Waals surface area contributed by atoms with Crippen LogP contribution in [0.25, 0.3) is 0 Å². The molecule has 9 heteroatoms. The van der Waals surface area contributed by atoms with Gasteiger partial charge in [0.1, 0.15) is 5.82 Å². The van der Waals surface area contributed by atoms with Crippen LogP contribution in [0, 0.1) is 5.82 Å². The Kier molecular flexibility index (Phi) is 8.46. The summed E-state index contributed by atoms with van der Waals surface area (Å²) in [6.45, 7) is 4.56.